The molecule has 0 fully saturated rings. The van der Waals surface area contributed by atoms with Crippen LogP contribution in [0.1, 0.15) is 15.9 Å². The summed E-state index contributed by atoms with van der Waals surface area (Å²) in [6.45, 7) is 0. The van der Waals surface area contributed by atoms with Crippen LogP contribution >= 0.6 is 11.6 Å². The van der Waals surface area contributed by atoms with Crippen molar-refractivity contribution < 1.29 is 22.7 Å². The molecule has 0 bridgehead atoms. The van der Waals surface area contributed by atoms with Crippen LogP contribution in [0.15, 0.2) is 47.4 Å². The molecule has 0 aromatic heterocycles. The summed E-state index contributed by atoms with van der Waals surface area (Å²) in [4.78, 5) is 10.7. The summed E-state index contributed by atoms with van der Waals surface area (Å²) in [5.41, 5.74) is -0.0201. The van der Waals surface area contributed by atoms with Crippen molar-refractivity contribution in [2.75, 3.05) is 0 Å². The van der Waals surface area contributed by atoms with Crippen LogP contribution in [0.2, 0.25) is 5.02 Å². The fraction of sp³-hybridized carbons (Fsp3) is 0.0714. The molecule has 21 heavy (non-hydrogen) atoms. The van der Waals surface area contributed by atoms with Gasteiger partial charge in [0.15, 0.2) is 9.84 Å². The lowest BCUT2D eigenvalue weighted by molar-refractivity contribution is 0.0696. The maximum atomic E-state index is 13.6. The van der Waals surface area contributed by atoms with Gasteiger partial charge in [-0.1, -0.05) is 17.7 Å². The number of hydrogen-bond donors (Lipinski definition) is 1. The molecule has 0 aliphatic carbocycles. The largest absolute Gasteiger partial charge is 0.478 e. The van der Waals surface area contributed by atoms with Crippen molar-refractivity contribution in [1.29, 1.82) is 0 Å². The van der Waals surface area contributed by atoms with Gasteiger partial charge in [-0.25, -0.2) is 17.6 Å². The Hall–Kier alpha value is -1.92. The molecule has 0 saturated carbocycles. The van der Waals surface area contributed by atoms with E-state index in [2.05, 4.69) is 0 Å². The molecule has 0 saturated heterocycles. The summed E-state index contributed by atoms with van der Waals surface area (Å²) in [7, 11) is -3.77. The van der Waals surface area contributed by atoms with Crippen LogP contribution in [0.4, 0.5) is 4.39 Å². The second kappa shape index (κ2) is 5.83. The van der Waals surface area contributed by atoms with Gasteiger partial charge < -0.3 is 5.11 Å². The molecule has 2 aromatic carbocycles. The number of sulfone groups is 1. The fourth-order valence-corrected chi connectivity index (χ4v) is 3.25. The minimum atomic E-state index is -3.77. The van der Waals surface area contributed by atoms with Crippen molar-refractivity contribution in [3.63, 3.8) is 0 Å². The van der Waals surface area contributed by atoms with E-state index in [9.17, 15) is 17.6 Å². The Bertz CT molecular complexity index is 785. The zero-order valence-corrected chi connectivity index (χ0v) is 12.2. The van der Waals surface area contributed by atoms with Crippen molar-refractivity contribution in [2.45, 2.75) is 10.6 Å². The molecular formula is C14H10ClFO4S. The van der Waals surface area contributed by atoms with Crippen LogP contribution in [0, 0.1) is 5.82 Å². The highest BCUT2D eigenvalue weighted by Crippen LogP contribution is 2.21. The molecule has 1 N–H and O–H groups in total. The van der Waals surface area contributed by atoms with Gasteiger partial charge in [0.1, 0.15) is 5.82 Å². The topological polar surface area (TPSA) is 71.4 Å². The number of carbonyl (C=O) groups is 1. The highest BCUT2D eigenvalue weighted by Gasteiger charge is 2.18. The average molecular weight is 329 g/mol. The van der Waals surface area contributed by atoms with E-state index in [4.69, 9.17) is 16.7 Å². The molecule has 2 rings (SSSR count). The maximum absolute atomic E-state index is 13.6. The van der Waals surface area contributed by atoms with Crippen molar-refractivity contribution in [1.82, 2.24) is 0 Å². The van der Waals surface area contributed by atoms with Crippen molar-refractivity contribution in [3.8, 4) is 0 Å². The number of carboxylic acids is 1. The highest BCUT2D eigenvalue weighted by molar-refractivity contribution is 7.90. The number of rotatable bonds is 4. The second-order valence-electron chi connectivity index (χ2n) is 4.32. The van der Waals surface area contributed by atoms with Gasteiger partial charge in [-0.3, -0.25) is 0 Å². The minimum Gasteiger partial charge on any atom is -0.478 e. The molecule has 0 unspecified atom stereocenters. The van der Waals surface area contributed by atoms with Gasteiger partial charge in [-0.05, 0) is 36.4 Å². The first-order chi connectivity index (χ1) is 9.79. The molecule has 0 aliphatic heterocycles. The summed E-state index contributed by atoms with van der Waals surface area (Å²) >= 11 is 5.61. The SMILES string of the molecule is O=C(O)c1ccc(S(=O)(=O)Cc2ccc(Cl)cc2F)cc1. The van der Waals surface area contributed by atoms with Gasteiger partial charge in [0.2, 0.25) is 0 Å². The molecule has 0 heterocycles. The molecule has 7 heteroatoms. The third-order valence-electron chi connectivity index (χ3n) is 2.82. The normalized spacial score (nSPS) is 11.3. The van der Waals surface area contributed by atoms with Crippen molar-refractivity contribution in [2.24, 2.45) is 0 Å². The summed E-state index contributed by atoms with van der Waals surface area (Å²) in [6.07, 6.45) is 0. The third-order valence-corrected chi connectivity index (χ3v) is 4.74. The number of hydrogen-bond acceptors (Lipinski definition) is 3. The van der Waals surface area contributed by atoms with Gasteiger partial charge in [-0.15, -0.1) is 0 Å². The summed E-state index contributed by atoms with van der Waals surface area (Å²) in [6, 6.07) is 8.50. The quantitative estimate of drug-likeness (QED) is 0.935. The first kappa shape index (κ1) is 15.5. The summed E-state index contributed by atoms with van der Waals surface area (Å²) in [5.74, 6) is -2.38. The fourth-order valence-electron chi connectivity index (χ4n) is 1.73. The molecule has 0 radical (unpaired) electrons. The average Bonchev–Trinajstić information content (AvgIpc) is 2.42. The van der Waals surface area contributed by atoms with E-state index >= 15 is 0 Å². The van der Waals surface area contributed by atoms with Crippen molar-refractivity contribution >= 4 is 27.4 Å². The Morgan fingerprint density at radius 2 is 1.76 bits per heavy atom. The minimum absolute atomic E-state index is 0.00158. The van der Waals surface area contributed by atoms with Gasteiger partial charge in [0, 0.05) is 10.6 Å². The zero-order chi connectivity index (χ0) is 15.6. The number of benzene rings is 2. The predicted molar refractivity (Wildman–Crippen MR) is 75.7 cm³/mol. The Balaban J connectivity index is 2.31. The summed E-state index contributed by atoms with van der Waals surface area (Å²) < 4.78 is 38.0. The summed E-state index contributed by atoms with van der Waals surface area (Å²) in [5, 5.41) is 8.94. The van der Waals surface area contributed by atoms with Crippen LogP contribution < -0.4 is 0 Å². The molecule has 2 aromatic rings. The van der Waals surface area contributed by atoms with Gasteiger partial charge in [0.05, 0.1) is 16.2 Å². The monoisotopic (exact) mass is 328 g/mol. The first-order valence-electron chi connectivity index (χ1n) is 5.79. The Labute approximate surface area is 125 Å². The van der Waals surface area contributed by atoms with Gasteiger partial charge in [0.25, 0.3) is 0 Å². The van der Waals surface area contributed by atoms with E-state index < -0.39 is 27.4 Å². The Kier molecular flexibility index (Phi) is 4.29. The molecule has 0 aliphatic rings. The van der Waals surface area contributed by atoms with E-state index in [0.29, 0.717) is 0 Å². The number of aromatic carboxylic acids is 1. The van der Waals surface area contributed by atoms with Gasteiger partial charge >= 0.3 is 5.97 Å². The second-order valence-corrected chi connectivity index (χ2v) is 6.75. The van der Waals surface area contributed by atoms with Crippen LogP contribution in [-0.4, -0.2) is 19.5 Å². The van der Waals surface area contributed by atoms with Crippen molar-refractivity contribution in [3.05, 3.63) is 64.4 Å². The lowest BCUT2D eigenvalue weighted by atomic mass is 10.2. The molecule has 0 atom stereocenters. The van der Waals surface area contributed by atoms with E-state index in [1.165, 1.54) is 36.4 Å². The van der Waals surface area contributed by atoms with Gasteiger partial charge in [-0.2, -0.15) is 0 Å². The lowest BCUT2D eigenvalue weighted by Gasteiger charge is -2.06. The number of carboxylic acid groups (broad SMARTS) is 1. The van der Waals surface area contributed by atoms with Crippen LogP contribution in [0.5, 0.6) is 0 Å². The smallest absolute Gasteiger partial charge is 0.335 e. The van der Waals surface area contributed by atoms with E-state index in [0.717, 1.165) is 6.07 Å². The number of halogens is 2. The molecular weight excluding hydrogens is 319 g/mol. The van der Waals surface area contributed by atoms with Crippen LogP contribution in [0.3, 0.4) is 0 Å². The zero-order valence-electron chi connectivity index (χ0n) is 10.6. The molecule has 0 spiro atoms. The standard InChI is InChI=1S/C14H10ClFO4S/c15-11-4-1-10(13(16)7-11)8-21(19,20)12-5-2-9(3-6-12)14(17)18/h1-7H,8H2,(H,17,18). The molecule has 110 valence electrons. The Morgan fingerprint density at radius 1 is 1.14 bits per heavy atom. The van der Waals surface area contributed by atoms with Crippen LogP contribution in [0.25, 0.3) is 0 Å². The van der Waals surface area contributed by atoms with E-state index in [1.807, 2.05) is 0 Å². The predicted octanol–water partition coefficient (Wildman–Crippen LogP) is 3.15. The van der Waals surface area contributed by atoms with E-state index in [-0.39, 0.29) is 21.0 Å². The molecule has 4 nitrogen and oxygen atoms in total. The molecule has 0 amide bonds. The third kappa shape index (κ3) is 3.59. The van der Waals surface area contributed by atoms with E-state index in [1.54, 1.807) is 0 Å². The first-order valence-corrected chi connectivity index (χ1v) is 7.83. The lowest BCUT2D eigenvalue weighted by Crippen LogP contribution is -2.07. The Morgan fingerprint density at radius 3 is 2.29 bits per heavy atom. The maximum Gasteiger partial charge on any atom is 0.335 e. The highest BCUT2D eigenvalue weighted by atomic mass is 35.5. The van der Waals surface area contributed by atoms with Crippen LogP contribution in [-0.2, 0) is 15.6 Å².